The number of nitrogens with zero attached hydrogens (tertiary/aromatic N) is 1. The van der Waals surface area contributed by atoms with Gasteiger partial charge in [0.25, 0.3) is 0 Å². The first-order chi connectivity index (χ1) is 12.0. The topological polar surface area (TPSA) is 105 Å². The highest BCUT2D eigenvalue weighted by Gasteiger charge is 2.32. The smallest absolute Gasteiger partial charge is 0.242 e. The van der Waals surface area contributed by atoms with Crippen LogP contribution in [0.15, 0.2) is 24.3 Å². The molecule has 1 aromatic rings. The van der Waals surface area contributed by atoms with Crippen molar-refractivity contribution >= 4 is 17.7 Å². The van der Waals surface area contributed by atoms with Crippen molar-refractivity contribution in [1.82, 2.24) is 15.5 Å². The third-order valence-electron chi connectivity index (χ3n) is 4.89. The minimum Gasteiger partial charge on any atom is -0.368 e. The Balaban J connectivity index is 1.66. The fraction of sp³-hybridized carbons (Fsp3) is 0.500. The summed E-state index contributed by atoms with van der Waals surface area (Å²) in [6.07, 6.45) is 2.96. The van der Waals surface area contributed by atoms with Gasteiger partial charge in [-0.2, -0.15) is 0 Å². The molecule has 25 heavy (non-hydrogen) atoms. The Bertz CT molecular complexity index is 676. The first kappa shape index (κ1) is 17.4. The molecule has 1 aromatic carbocycles. The monoisotopic (exact) mass is 344 g/mol. The molecule has 0 radical (unpaired) electrons. The molecule has 134 valence electrons. The van der Waals surface area contributed by atoms with Crippen molar-refractivity contribution in [1.29, 1.82) is 0 Å². The van der Waals surface area contributed by atoms with Crippen molar-refractivity contribution in [3.05, 3.63) is 35.4 Å². The molecular weight excluding hydrogens is 320 g/mol. The second-order valence-corrected chi connectivity index (χ2v) is 6.70. The Morgan fingerprint density at radius 2 is 2.00 bits per heavy atom. The molecule has 4 N–H and O–H groups in total. The number of carbonyl (C=O) groups is 3. The molecule has 2 aliphatic rings. The molecule has 7 nitrogen and oxygen atoms in total. The van der Waals surface area contributed by atoms with Crippen LogP contribution in [-0.2, 0) is 27.3 Å². The summed E-state index contributed by atoms with van der Waals surface area (Å²) in [5.74, 6) is -0.830. The molecule has 3 rings (SSSR count). The van der Waals surface area contributed by atoms with E-state index in [1.165, 1.54) is 0 Å². The van der Waals surface area contributed by atoms with Gasteiger partial charge in [-0.15, -0.1) is 0 Å². The first-order valence-corrected chi connectivity index (χ1v) is 8.72. The second-order valence-electron chi connectivity index (χ2n) is 6.70. The molecule has 1 fully saturated rings. The number of nitrogens with two attached hydrogens (primary N) is 1. The maximum Gasteiger partial charge on any atom is 0.242 e. The third-order valence-corrected chi connectivity index (χ3v) is 4.89. The standard InChI is InChI=1S/C18H24N4O3/c19-17(24)15-9-12-5-1-2-6-13(12)10-22(15)11-16(23)21-14-7-3-4-8-20-18(14)25/h1-2,5-6,14-15H,3-4,7-11H2,(H2,19,24)(H,20,25)(H,21,23)/t14-,15+/m1/s1. The van der Waals surface area contributed by atoms with Crippen molar-refractivity contribution in [2.45, 2.75) is 44.3 Å². The van der Waals surface area contributed by atoms with Crippen molar-refractivity contribution in [2.24, 2.45) is 5.73 Å². The van der Waals surface area contributed by atoms with Crippen molar-refractivity contribution in [2.75, 3.05) is 13.1 Å². The van der Waals surface area contributed by atoms with Crippen molar-refractivity contribution in [3.63, 3.8) is 0 Å². The largest absolute Gasteiger partial charge is 0.368 e. The van der Waals surface area contributed by atoms with Crippen LogP contribution in [0.2, 0.25) is 0 Å². The van der Waals surface area contributed by atoms with Crippen LogP contribution in [0.3, 0.4) is 0 Å². The third kappa shape index (κ3) is 4.17. The van der Waals surface area contributed by atoms with E-state index in [0.717, 1.165) is 24.0 Å². The Labute approximate surface area is 146 Å². The molecule has 7 heteroatoms. The molecule has 0 unspecified atom stereocenters. The highest BCUT2D eigenvalue weighted by molar-refractivity contribution is 5.89. The minimum absolute atomic E-state index is 0.0473. The van der Waals surface area contributed by atoms with E-state index in [2.05, 4.69) is 10.6 Å². The summed E-state index contributed by atoms with van der Waals surface area (Å²) in [4.78, 5) is 38.0. The maximum absolute atomic E-state index is 12.4. The molecule has 0 aromatic heterocycles. The molecule has 2 aliphatic heterocycles. The Hall–Kier alpha value is -2.41. The first-order valence-electron chi connectivity index (χ1n) is 8.72. The number of amides is 3. The summed E-state index contributed by atoms with van der Waals surface area (Å²) in [7, 11) is 0. The van der Waals surface area contributed by atoms with Crippen LogP contribution in [0.4, 0.5) is 0 Å². The van der Waals surface area contributed by atoms with Crippen LogP contribution in [-0.4, -0.2) is 47.8 Å². The van der Waals surface area contributed by atoms with Crippen LogP contribution in [0, 0.1) is 0 Å². The van der Waals surface area contributed by atoms with E-state index >= 15 is 0 Å². The molecule has 0 spiro atoms. The number of carbonyl (C=O) groups excluding carboxylic acids is 3. The molecule has 0 aliphatic carbocycles. The highest BCUT2D eigenvalue weighted by atomic mass is 16.2. The van der Waals surface area contributed by atoms with Gasteiger partial charge in [-0.05, 0) is 36.8 Å². The van der Waals surface area contributed by atoms with Crippen molar-refractivity contribution < 1.29 is 14.4 Å². The van der Waals surface area contributed by atoms with Gasteiger partial charge >= 0.3 is 0 Å². The molecule has 2 heterocycles. The number of hydrogen-bond acceptors (Lipinski definition) is 4. The Kier molecular flexibility index (Phi) is 5.33. The zero-order valence-corrected chi connectivity index (χ0v) is 14.2. The Morgan fingerprint density at radius 3 is 2.76 bits per heavy atom. The zero-order chi connectivity index (χ0) is 17.8. The molecule has 3 amide bonds. The summed E-state index contributed by atoms with van der Waals surface area (Å²) in [6.45, 7) is 1.19. The van der Waals surface area contributed by atoms with Gasteiger partial charge < -0.3 is 16.4 Å². The predicted molar refractivity (Wildman–Crippen MR) is 92.3 cm³/mol. The van der Waals surface area contributed by atoms with Gasteiger partial charge in [-0.3, -0.25) is 19.3 Å². The fourth-order valence-corrected chi connectivity index (χ4v) is 3.53. The molecule has 0 saturated carbocycles. The lowest BCUT2D eigenvalue weighted by atomic mass is 9.93. The molecule has 1 saturated heterocycles. The van der Waals surface area contributed by atoms with Crippen molar-refractivity contribution in [3.8, 4) is 0 Å². The van der Waals surface area contributed by atoms with Gasteiger partial charge in [-0.25, -0.2) is 0 Å². The number of fused-ring (bicyclic) bond motifs is 1. The quantitative estimate of drug-likeness (QED) is 0.696. The van der Waals surface area contributed by atoms with E-state index in [9.17, 15) is 14.4 Å². The van der Waals surface area contributed by atoms with Crippen LogP contribution in [0.25, 0.3) is 0 Å². The van der Waals surface area contributed by atoms with E-state index in [-0.39, 0.29) is 18.4 Å². The van der Waals surface area contributed by atoms with Crippen LogP contribution >= 0.6 is 0 Å². The van der Waals surface area contributed by atoms with Gasteiger partial charge in [-0.1, -0.05) is 24.3 Å². The van der Waals surface area contributed by atoms with Gasteiger partial charge in [0.1, 0.15) is 6.04 Å². The lowest BCUT2D eigenvalue weighted by Gasteiger charge is -2.34. The number of hydrogen-bond donors (Lipinski definition) is 3. The summed E-state index contributed by atoms with van der Waals surface area (Å²) in [5.41, 5.74) is 7.73. The lowest BCUT2D eigenvalue weighted by Crippen LogP contribution is -2.54. The van der Waals surface area contributed by atoms with Gasteiger partial charge in [0, 0.05) is 13.1 Å². The van der Waals surface area contributed by atoms with Crippen LogP contribution in [0.5, 0.6) is 0 Å². The van der Waals surface area contributed by atoms with E-state index in [0.29, 0.717) is 25.9 Å². The maximum atomic E-state index is 12.4. The van der Waals surface area contributed by atoms with Crippen LogP contribution in [0.1, 0.15) is 30.4 Å². The lowest BCUT2D eigenvalue weighted by molar-refractivity contribution is -0.131. The minimum atomic E-state index is -0.511. The summed E-state index contributed by atoms with van der Waals surface area (Å²) >= 11 is 0. The average molecular weight is 344 g/mol. The van der Waals surface area contributed by atoms with E-state index < -0.39 is 18.0 Å². The normalized spacial score (nSPS) is 23.9. The number of nitrogens with one attached hydrogen (secondary N) is 2. The molecule has 2 atom stereocenters. The number of rotatable bonds is 4. The average Bonchev–Trinajstić information content (AvgIpc) is 2.78. The van der Waals surface area contributed by atoms with Gasteiger partial charge in [0.15, 0.2) is 0 Å². The molecular formula is C18H24N4O3. The fourth-order valence-electron chi connectivity index (χ4n) is 3.53. The summed E-state index contributed by atoms with van der Waals surface area (Å²) in [6, 6.07) is 6.85. The Morgan fingerprint density at radius 1 is 1.24 bits per heavy atom. The van der Waals surface area contributed by atoms with Gasteiger partial charge in [0.05, 0.1) is 12.6 Å². The number of primary amides is 1. The summed E-state index contributed by atoms with van der Waals surface area (Å²) in [5, 5.41) is 5.60. The van der Waals surface area contributed by atoms with E-state index in [1.54, 1.807) is 4.90 Å². The van der Waals surface area contributed by atoms with Gasteiger partial charge in [0.2, 0.25) is 17.7 Å². The van der Waals surface area contributed by atoms with Crippen LogP contribution < -0.4 is 16.4 Å². The summed E-state index contributed by atoms with van der Waals surface area (Å²) < 4.78 is 0. The number of benzene rings is 1. The van der Waals surface area contributed by atoms with E-state index in [4.69, 9.17) is 5.73 Å². The second kappa shape index (κ2) is 7.65. The SMILES string of the molecule is NC(=O)[C@@H]1Cc2ccccc2CN1CC(=O)N[C@@H]1CCCCNC1=O. The molecule has 0 bridgehead atoms. The zero-order valence-electron chi connectivity index (χ0n) is 14.2. The van der Waals surface area contributed by atoms with E-state index in [1.807, 2.05) is 24.3 Å². The predicted octanol–water partition coefficient (Wildman–Crippen LogP) is -0.316. The highest BCUT2D eigenvalue weighted by Crippen LogP contribution is 2.22.